The molecule has 1 saturated heterocycles. The van der Waals surface area contributed by atoms with E-state index in [4.69, 9.17) is 4.74 Å². The van der Waals surface area contributed by atoms with Crippen molar-refractivity contribution >= 4 is 11.9 Å². The van der Waals surface area contributed by atoms with Gasteiger partial charge in [-0.3, -0.25) is 4.79 Å². The molecular weight excluding hydrogens is 284 g/mol. The van der Waals surface area contributed by atoms with E-state index in [1.165, 1.54) is 0 Å². The molecule has 2 rings (SSSR count). The van der Waals surface area contributed by atoms with Crippen molar-refractivity contribution in [3.8, 4) is 0 Å². The van der Waals surface area contributed by atoms with Gasteiger partial charge in [0.25, 0.3) is 5.91 Å². The molecule has 21 heavy (non-hydrogen) atoms. The number of ether oxygens (including phenoxy) is 2. The van der Waals surface area contributed by atoms with Gasteiger partial charge >= 0.3 is 5.97 Å². The number of hydrogen-bond acceptors (Lipinski definition) is 4. The standard InChI is InChI=1S/C14H15F2NO4/c15-10-4-1-5-11(16)13(10)14(19)21-8-12(18)17-7-9-3-2-6-20-9/h1,4-5,9H,2-3,6-8H2,(H,17,18)/t9-/m0/s1. The highest BCUT2D eigenvalue weighted by Gasteiger charge is 2.20. The van der Waals surface area contributed by atoms with Gasteiger partial charge in [0.15, 0.2) is 6.61 Å². The van der Waals surface area contributed by atoms with Crippen molar-refractivity contribution in [3.05, 3.63) is 35.4 Å². The number of carbonyl (C=O) groups is 2. The molecule has 5 nitrogen and oxygen atoms in total. The van der Waals surface area contributed by atoms with Gasteiger partial charge in [-0.2, -0.15) is 0 Å². The maximum Gasteiger partial charge on any atom is 0.344 e. The van der Waals surface area contributed by atoms with Crippen LogP contribution in [0.2, 0.25) is 0 Å². The van der Waals surface area contributed by atoms with Crippen LogP contribution in [-0.4, -0.2) is 37.7 Å². The monoisotopic (exact) mass is 299 g/mol. The predicted molar refractivity (Wildman–Crippen MR) is 68.6 cm³/mol. The highest BCUT2D eigenvalue weighted by Crippen LogP contribution is 2.13. The van der Waals surface area contributed by atoms with Crippen molar-refractivity contribution in [3.63, 3.8) is 0 Å². The zero-order valence-electron chi connectivity index (χ0n) is 11.2. The van der Waals surface area contributed by atoms with Gasteiger partial charge in [-0.25, -0.2) is 13.6 Å². The first-order valence-electron chi connectivity index (χ1n) is 6.57. The van der Waals surface area contributed by atoms with E-state index in [-0.39, 0.29) is 6.10 Å². The molecule has 1 fully saturated rings. The van der Waals surface area contributed by atoms with E-state index in [0.717, 1.165) is 31.0 Å². The Hall–Kier alpha value is -2.02. The molecule has 7 heteroatoms. The molecule has 114 valence electrons. The highest BCUT2D eigenvalue weighted by molar-refractivity contribution is 5.91. The Morgan fingerprint density at radius 3 is 2.67 bits per heavy atom. The SMILES string of the molecule is O=C(COC(=O)c1c(F)cccc1F)NC[C@@H]1CCCO1. The average Bonchev–Trinajstić information content (AvgIpc) is 2.96. The van der Waals surface area contributed by atoms with Crippen molar-refractivity contribution in [2.75, 3.05) is 19.8 Å². The summed E-state index contributed by atoms with van der Waals surface area (Å²) < 4.78 is 36.5. The molecule has 0 radical (unpaired) electrons. The summed E-state index contributed by atoms with van der Waals surface area (Å²) in [6.07, 6.45) is 1.77. The van der Waals surface area contributed by atoms with E-state index in [0.29, 0.717) is 13.2 Å². The average molecular weight is 299 g/mol. The maximum atomic E-state index is 13.3. The number of hydrogen-bond donors (Lipinski definition) is 1. The number of halogens is 2. The lowest BCUT2D eigenvalue weighted by Gasteiger charge is -2.11. The molecule has 1 aromatic rings. The van der Waals surface area contributed by atoms with Gasteiger partial charge in [0, 0.05) is 13.2 Å². The van der Waals surface area contributed by atoms with Crippen molar-refractivity contribution < 1.29 is 27.8 Å². The molecular formula is C14H15F2NO4. The molecule has 0 saturated carbocycles. The minimum atomic E-state index is -1.21. The lowest BCUT2D eigenvalue weighted by Crippen LogP contribution is -2.35. The van der Waals surface area contributed by atoms with Gasteiger partial charge in [-0.05, 0) is 25.0 Å². The first kappa shape index (κ1) is 15.4. The molecule has 1 aromatic carbocycles. The smallest absolute Gasteiger partial charge is 0.344 e. The fourth-order valence-electron chi connectivity index (χ4n) is 1.98. The number of benzene rings is 1. The molecule has 1 aliphatic rings. The molecule has 0 aliphatic carbocycles. The van der Waals surface area contributed by atoms with Crippen molar-refractivity contribution in [1.29, 1.82) is 0 Å². The summed E-state index contributed by atoms with van der Waals surface area (Å²) in [5, 5.41) is 2.53. The summed E-state index contributed by atoms with van der Waals surface area (Å²) in [5.41, 5.74) is -0.801. The second kappa shape index (κ2) is 7.12. The summed E-state index contributed by atoms with van der Waals surface area (Å²) >= 11 is 0. The molecule has 0 bridgehead atoms. The third kappa shape index (κ3) is 4.22. The molecule has 1 N–H and O–H groups in total. The van der Waals surface area contributed by atoms with Crippen molar-refractivity contribution in [2.45, 2.75) is 18.9 Å². The van der Waals surface area contributed by atoms with E-state index < -0.39 is 35.7 Å². The van der Waals surface area contributed by atoms with Gasteiger partial charge in [0.05, 0.1) is 6.10 Å². The minimum Gasteiger partial charge on any atom is -0.452 e. The van der Waals surface area contributed by atoms with Crippen LogP contribution in [0.15, 0.2) is 18.2 Å². The third-order valence-electron chi connectivity index (χ3n) is 3.05. The van der Waals surface area contributed by atoms with Crippen molar-refractivity contribution in [1.82, 2.24) is 5.32 Å². The fourth-order valence-corrected chi connectivity index (χ4v) is 1.98. The summed E-state index contributed by atoms with van der Waals surface area (Å²) in [6, 6.07) is 3.02. The first-order valence-corrected chi connectivity index (χ1v) is 6.57. The van der Waals surface area contributed by atoms with Gasteiger partial charge < -0.3 is 14.8 Å². The van der Waals surface area contributed by atoms with E-state index in [2.05, 4.69) is 10.1 Å². The van der Waals surface area contributed by atoms with E-state index in [1.807, 2.05) is 0 Å². The van der Waals surface area contributed by atoms with Crippen LogP contribution in [0.4, 0.5) is 8.78 Å². The Morgan fingerprint density at radius 2 is 2.05 bits per heavy atom. The Balaban J connectivity index is 1.79. The van der Waals surface area contributed by atoms with Crippen LogP contribution in [0.3, 0.4) is 0 Å². The number of amides is 1. The fraction of sp³-hybridized carbons (Fsp3) is 0.429. The van der Waals surface area contributed by atoms with Crippen LogP contribution in [0.1, 0.15) is 23.2 Å². The largest absolute Gasteiger partial charge is 0.452 e. The van der Waals surface area contributed by atoms with Gasteiger partial charge in [0.2, 0.25) is 0 Å². The van der Waals surface area contributed by atoms with Crippen LogP contribution in [-0.2, 0) is 14.3 Å². The second-order valence-electron chi connectivity index (χ2n) is 4.61. The summed E-state index contributed by atoms with van der Waals surface area (Å²) in [6.45, 7) is 0.395. The van der Waals surface area contributed by atoms with Crippen LogP contribution in [0.25, 0.3) is 0 Å². The number of nitrogens with one attached hydrogen (secondary N) is 1. The van der Waals surface area contributed by atoms with Crippen LogP contribution in [0.5, 0.6) is 0 Å². The zero-order valence-corrected chi connectivity index (χ0v) is 11.2. The molecule has 1 aliphatic heterocycles. The highest BCUT2D eigenvalue weighted by atomic mass is 19.1. The van der Waals surface area contributed by atoms with Gasteiger partial charge in [-0.15, -0.1) is 0 Å². The Bertz CT molecular complexity index is 509. The van der Waals surface area contributed by atoms with E-state index in [1.54, 1.807) is 0 Å². The maximum absolute atomic E-state index is 13.3. The van der Waals surface area contributed by atoms with E-state index >= 15 is 0 Å². The van der Waals surface area contributed by atoms with Crippen molar-refractivity contribution in [2.24, 2.45) is 0 Å². The summed E-state index contributed by atoms with van der Waals surface area (Å²) in [5.74, 6) is -3.81. The van der Waals surface area contributed by atoms with Crippen LogP contribution >= 0.6 is 0 Å². The molecule has 0 spiro atoms. The second-order valence-corrected chi connectivity index (χ2v) is 4.61. The predicted octanol–water partition coefficient (Wildman–Crippen LogP) is 1.42. The molecule has 0 aromatic heterocycles. The van der Waals surface area contributed by atoms with E-state index in [9.17, 15) is 18.4 Å². The molecule has 0 unspecified atom stereocenters. The van der Waals surface area contributed by atoms with Gasteiger partial charge in [0.1, 0.15) is 17.2 Å². The lowest BCUT2D eigenvalue weighted by molar-refractivity contribution is -0.124. The first-order chi connectivity index (χ1) is 10.1. The number of carbonyl (C=O) groups excluding carboxylic acids is 2. The zero-order chi connectivity index (χ0) is 15.2. The molecule has 1 amide bonds. The Morgan fingerprint density at radius 1 is 1.33 bits per heavy atom. The minimum absolute atomic E-state index is 0.0336. The topological polar surface area (TPSA) is 64.6 Å². The number of rotatable bonds is 5. The Labute approximate surface area is 120 Å². The van der Waals surface area contributed by atoms with Crippen LogP contribution in [0, 0.1) is 11.6 Å². The third-order valence-corrected chi connectivity index (χ3v) is 3.05. The summed E-state index contributed by atoms with van der Waals surface area (Å²) in [7, 11) is 0. The number of esters is 1. The van der Waals surface area contributed by atoms with Gasteiger partial charge in [-0.1, -0.05) is 6.07 Å². The lowest BCUT2D eigenvalue weighted by atomic mass is 10.2. The molecule has 1 atom stereocenters. The quantitative estimate of drug-likeness (QED) is 0.835. The van der Waals surface area contributed by atoms with Crippen LogP contribution < -0.4 is 5.32 Å². The Kier molecular flexibility index (Phi) is 5.21. The normalized spacial score (nSPS) is 17.5. The summed E-state index contributed by atoms with van der Waals surface area (Å²) in [4.78, 5) is 23.0. The molecule has 1 heterocycles.